The molecule has 0 radical (unpaired) electrons. The number of carbonyl (C=O) groups is 1. The lowest BCUT2D eigenvalue weighted by Gasteiger charge is -2.14. The largest absolute Gasteiger partial charge is 0.293 e. The highest BCUT2D eigenvalue weighted by atomic mass is 16.1. The van der Waals surface area contributed by atoms with Crippen LogP contribution in [0.3, 0.4) is 0 Å². The van der Waals surface area contributed by atoms with Crippen LogP contribution < -0.4 is 0 Å². The maximum Gasteiger partial charge on any atom is 0.177 e. The summed E-state index contributed by atoms with van der Waals surface area (Å²) in [6, 6.07) is 1.91. The predicted molar refractivity (Wildman–Crippen MR) is 61.2 cm³/mol. The summed E-state index contributed by atoms with van der Waals surface area (Å²) in [7, 11) is 0. The van der Waals surface area contributed by atoms with Crippen LogP contribution in [0.15, 0.2) is 6.07 Å². The first-order valence-corrected chi connectivity index (χ1v) is 5.45. The monoisotopic (exact) mass is 208 g/mol. The Morgan fingerprint density at radius 1 is 1.47 bits per heavy atom. The van der Waals surface area contributed by atoms with Crippen molar-refractivity contribution in [2.75, 3.05) is 0 Å². The minimum absolute atomic E-state index is 0.00317. The molecule has 1 heterocycles. The molecule has 15 heavy (non-hydrogen) atoms. The summed E-state index contributed by atoms with van der Waals surface area (Å²) >= 11 is 0. The van der Waals surface area contributed by atoms with Gasteiger partial charge in [0.2, 0.25) is 0 Å². The van der Waals surface area contributed by atoms with Gasteiger partial charge in [-0.1, -0.05) is 27.7 Å². The molecule has 0 saturated heterocycles. The number of hydrogen-bond donors (Lipinski definition) is 0. The molecule has 0 amide bonds. The Bertz CT molecular complexity index is 358. The molecule has 0 saturated carbocycles. The van der Waals surface area contributed by atoms with Gasteiger partial charge in [0.1, 0.15) is 5.69 Å². The summed E-state index contributed by atoms with van der Waals surface area (Å²) in [5, 5.41) is 4.49. The molecule has 0 bridgehead atoms. The molecular formula is C12H20N2O. The third kappa shape index (κ3) is 2.67. The second-order valence-electron chi connectivity index (χ2n) is 4.94. The van der Waals surface area contributed by atoms with Gasteiger partial charge in [0.15, 0.2) is 5.78 Å². The average molecular weight is 208 g/mol. The summed E-state index contributed by atoms with van der Waals surface area (Å²) in [5.74, 6) is 0.0893. The van der Waals surface area contributed by atoms with Crippen LogP contribution >= 0.6 is 0 Å². The number of aromatic nitrogens is 2. The van der Waals surface area contributed by atoms with E-state index in [0.29, 0.717) is 0 Å². The Morgan fingerprint density at radius 2 is 2.07 bits per heavy atom. The zero-order chi connectivity index (χ0) is 11.6. The zero-order valence-corrected chi connectivity index (χ0v) is 10.3. The van der Waals surface area contributed by atoms with Gasteiger partial charge in [0, 0.05) is 18.9 Å². The van der Waals surface area contributed by atoms with Gasteiger partial charge >= 0.3 is 0 Å². The first-order chi connectivity index (χ1) is 6.86. The maximum absolute atomic E-state index is 11.4. The number of nitrogens with zero attached hydrogens (tertiary/aromatic N) is 2. The maximum atomic E-state index is 11.4. The van der Waals surface area contributed by atoms with Gasteiger partial charge in [-0.15, -0.1) is 0 Å². The van der Waals surface area contributed by atoms with E-state index in [4.69, 9.17) is 0 Å². The first kappa shape index (κ1) is 12.0. The minimum atomic E-state index is 0.00317. The topological polar surface area (TPSA) is 34.9 Å². The molecule has 3 nitrogen and oxygen atoms in total. The van der Waals surface area contributed by atoms with E-state index in [-0.39, 0.29) is 11.2 Å². The molecule has 1 aromatic heterocycles. The van der Waals surface area contributed by atoms with E-state index in [9.17, 15) is 4.79 Å². The molecule has 0 aromatic carbocycles. The van der Waals surface area contributed by atoms with Crippen molar-refractivity contribution in [1.29, 1.82) is 0 Å². The lowest BCUT2D eigenvalue weighted by molar-refractivity contribution is 0.100. The normalized spacial score (nSPS) is 11.8. The number of carbonyl (C=O) groups excluding carboxylic acids is 1. The summed E-state index contributed by atoms with van der Waals surface area (Å²) < 4.78 is 1.82. The molecule has 1 aromatic rings. The lowest BCUT2D eigenvalue weighted by atomic mass is 9.92. The average Bonchev–Trinajstić information content (AvgIpc) is 2.48. The molecule has 0 atom stereocenters. The fourth-order valence-electron chi connectivity index (χ4n) is 1.45. The second-order valence-corrected chi connectivity index (χ2v) is 4.94. The smallest absolute Gasteiger partial charge is 0.177 e. The van der Waals surface area contributed by atoms with Gasteiger partial charge in [-0.05, 0) is 12.5 Å². The predicted octanol–water partition coefficient (Wildman–Crippen LogP) is 2.79. The molecular weight excluding hydrogens is 188 g/mol. The summed E-state index contributed by atoms with van der Waals surface area (Å²) in [4.78, 5) is 11.4. The number of ketones is 1. The Balaban J connectivity index is 3.15. The van der Waals surface area contributed by atoms with Crippen molar-refractivity contribution in [3.8, 4) is 0 Å². The highest BCUT2D eigenvalue weighted by molar-refractivity contribution is 5.92. The van der Waals surface area contributed by atoms with Crippen LogP contribution in [-0.2, 0) is 12.0 Å². The highest BCUT2D eigenvalue weighted by Gasteiger charge is 2.20. The summed E-state index contributed by atoms with van der Waals surface area (Å²) in [6.07, 6.45) is 0.992. The van der Waals surface area contributed by atoms with Crippen LogP contribution in [0.1, 0.15) is 57.2 Å². The van der Waals surface area contributed by atoms with Crippen molar-refractivity contribution >= 4 is 5.78 Å². The van der Waals surface area contributed by atoms with Gasteiger partial charge in [0.25, 0.3) is 0 Å². The molecule has 0 fully saturated rings. The molecule has 84 valence electrons. The van der Waals surface area contributed by atoms with Gasteiger partial charge in [-0.25, -0.2) is 0 Å². The van der Waals surface area contributed by atoms with Gasteiger partial charge in [-0.2, -0.15) is 5.10 Å². The van der Waals surface area contributed by atoms with E-state index in [1.807, 2.05) is 10.7 Å². The van der Waals surface area contributed by atoms with E-state index >= 15 is 0 Å². The molecule has 0 aliphatic heterocycles. The van der Waals surface area contributed by atoms with Gasteiger partial charge in [0.05, 0.1) is 5.69 Å². The van der Waals surface area contributed by atoms with Crippen molar-refractivity contribution < 1.29 is 4.79 Å². The van der Waals surface area contributed by atoms with Crippen molar-refractivity contribution in [2.24, 2.45) is 0 Å². The molecule has 0 aliphatic carbocycles. The van der Waals surface area contributed by atoms with Crippen LogP contribution in [0.5, 0.6) is 0 Å². The number of Topliss-reactive ketones (excluding diaryl/α,β-unsaturated/α-hetero) is 1. The SMILES string of the molecule is CCCn1nc(C(C)(C)C)cc1C(C)=O. The second kappa shape index (κ2) is 4.17. The van der Waals surface area contributed by atoms with Crippen LogP contribution in [-0.4, -0.2) is 15.6 Å². The van der Waals surface area contributed by atoms with Crippen molar-refractivity contribution in [3.05, 3.63) is 17.5 Å². The standard InChI is InChI=1S/C12H20N2O/c1-6-7-14-10(9(2)15)8-11(13-14)12(3,4)5/h8H,6-7H2,1-5H3. The van der Waals surface area contributed by atoms with Crippen LogP contribution in [0.4, 0.5) is 0 Å². The van der Waals surface area contributed by atoms with E-state index in [1.54, 1.807) is 6.92 Å². The Kier molecular flexibility index (Phi) is 3.32. The van der Waals surface area contributed by atoms with E-state index in [2.05, 4.69) is 32.8 Å². The quantitative estimate of drug-likeness (QED) is 0.716. The molecule has 1 rings (SSSR count). The Labute approximate surface area is 91.5 Å². The van der Waals surface area contributed by atoms with Crippen molar-refractivity contribution in [2.45, 2.75) is 53.0 Å². The summed E-state index contributed by atoms with van der Waals surface area (Å²) in [5.41, 5.74) is 1.71. The zero-order valence-electron chi connectivity index (χ0n) is 10.3. The van der Waals surface area contributed by atoms with Crippen molar-refractivity contribution in [3.63, 3.8) is 0 Å². The van der Waals surface area contributed by atoms with Gasteiger partial charge < -0.3 is 0 Å². The molecule has 0 spiro atoms. The third-order valence-corrected chi connectivity index (χ3v) is 2.34. The molecule has 3 heteroatoms. The van der Waals surface area contributed by atoms with Gasteiger partial charge in [-0.3, -0.25) is 9.48 Å². The fraction of sp³-hybridized carbons (Fsp3) is 0.667. The summed E-state index contributed by atoms with van der Waals surface area (Å²) in [6.45, 7) is 10.8. The number of aryl methyl sites for hydroxylation is 1. The van der Waals surface area contributed by atoms with Crippen molar-refractivity contribution in [1.82, 2.24) is 9.78 Å². The Hall–Kier alpha value is -1.12. The van der Waals surface area contributed by atoms with E-state index < -0.39 is 0 Å². The molecule has 0 unspecified atom stereocenters. The van der Waals surface area contributed by atoms with Crippen LogP contribution in [0.2, 0.25) is 0 Å². The first-order valence-electron chi connectivity index (χ1n) is 5.45. The molecule has 0 N–H and O–H groups in total. The van der Waals surface area contributed by atoms with E-state index in [0.717, 1.165) is 24.4 Å². The highest BCUT2D eigenvalue weighted by Crippen LogP contribution is 2.22. The van der Waals surface area contributed by atoms with E-state index in [1.165, 1.54) is 0 Å². The number of hydrogen-bond acceptors (Lipinski definition) is 2. The minimum Gasteiger partial charge on any atom is -0.293 e. The lowest BCUT2D eigenvalue weighted by Crippen LogP contribution is -2.13. The van der Waals surface area contributed by atoms with Crippen LogP contribution in [0, 0.1) is 0 Å². The fourth-order valence-corrected chi connectivity index (χ4v) is 1.45. The molecule has 0 aliphatic rings. The van der Waals surface area contributed by atoms with Crippen LogP contribution in [0.25, 0.3) is 0 Å². The Morgan fingerprint density at radius 3 is 2.47 bits per heavy atom. The number of rotatable bonds is 3. The third-order valence-electron chi connectivity index (χ3n) is 2.34.